The van der Waals surface area contributed by atoms with Crippen LogP contribution < -0.4 is 5.73 Å². The minimum atomic E-state index is 0.353. The largest absolute Gasteiger partial charge is 0.327 e. The minimum absolute atomic E-state index is 0.353. The first-order chi connectivity index (χ1) is 5.79. The molecule has 2 aromatic rings. The third kappa shape index (κ3) is 1.15. The fraction of sp³-hybridized carbons (Fsp3) is 0.143. The topological polar surface area (TPSA) is 67.6 Å². The lowest BCUT2D eigenvalue weighted by molar-refractivity contribution is 1.06. The van der Waals surface area contributed by atoms with E-state index in [1.165, 1.54) is 0 Å². The second-order valence-corrected chi connectivity index (χ2v) is 2.80. The summed E-state index contributed by atoms with van der Waals surface area (Å²) in [6, 6.07) is 1.89. The summed E-state index contributed by atoms with van der Waals surface area (Å²) < 4.78 is 0. The Balaban J connectivity index is 2.66. The quantitative estimate of drug-likeness (QED) is 0.693. The number of hydrogen-bond donors (Lipinski definition) is 2. The minimum Gasteiger partial charge on any atom is -0.327 e. The number of nitrogens with zero attached hydrogens (tertiary/aromatic N) is 2. The fourth-order valence-electron chi connectivity index (χ4n) is 1.03. The van der Waals surface area contributed by atoms with Gasteiger partial charge in [-0.1, -0.05) is 0 Å². The van der Waals surface area contributed by atoms with Gasteiger partial charge < -0.3 is 10.7 Å². The van der Waals surface area contributed by atoms with Crippen LogP contribution in [0.3, 0.4) is 0 Å². The van der Waals surface area contributed by atoms with Crippen molar-refractivity contribution in [3.05, 3.63) is 23.1 Å². The maximum atomic E-state index is 5.64. The van der Waals surface area contributed by atoms with Gasteiger partial charge in [-0.15, -0.1) is 0 Å². The monoisotopic (exact) mass is 182 g/mol. The lowest BCUT2D eigenvalue weighted by Gasteiger charge is -1.93. The first-order valence-corrected chi connectivity index (χ1v) is 3.87. The molecule has 5 heteroatoms. The number of nitrogens with one attached hydrogen (secondary N) is 1. The maximum absolute atomic E-state index is 5.64. The molecule has 0 saturated heterocycles. The van der Waals surface area contributed by atoms with Crippen molar-refractivity contribution in [2.45, 2.75) is 6.54 Å². The summed E-state index contributed by atoms with van der Waals surface area (Å²) >= 11 is 5.64. The zero-order valence-electron chi connectivity index (χ0n) is 6.21. The van der Waals surface area contributed by atoms with Crippen molar-refractivity contribution in [3.63, 3.8) is 0 Å². The molecule has 0 spiro atoms. The van der Waals surface area contributed by atoms with Gasteiger partial charge in [0, 0.05) is 12.7 Å². The molecule has 0 unspecified atom stereocenters. The van der Waals surface area contributed by atoms with Gasteiger partial charge in [-0.05, 0) is 23.2 Å². The molecule has 12 heavy (non-hydrogen) atoms. The summed E-state index contributed by atoms with van der Waals surface area (Å²) in [5.74, 6) is 0. The summed E-state index contributed by atoms with van der Waals surface area (Å²) in [4.78, 5) is 10.9. The van der Waals surface area contributed by atoms with Gasteiger partial charge in [-0.2, -0.15) is 4.98 Å². The van der Waals surface area contributed by atoms with Crippen LogP contribution in [0.2, 0.25) is 5.28 Å². The van der Waals surface area contributed by atoms with Crippen LogP contribution in [0.25, 0.3) is 11.2 Å². The van der Waals surface area contributed by atoms with E-state index >= 15 is 0 Å². The summed E-state index contributed by atoms with van der Waals surface area (Å²) in [6.07, 6.45) is 1.69. The Kier molecular flexibility index (Phi) is 1.71. The number of fused-ring (bicyclic) bond motifs is 1. The van der Waals surface area contributed by atoms with E-state index in [1.807, 2.05) is 6.07 Å². The lowest BCUT2D eigenvalue weighted by Crippen LogP contribution is -1.96. The van der Waals surface area contributed by atoms with Gasteiger partial charge in [0.1, 0.15) is 0 Å². The van der Waals surface area contributed by atoms with Crippen LogP contribution in [0, 0.1) is 0 Å². The number of aromatic amines is 1. The van der Waals surface area contributed by atoms with Crippen LogP contribution in [-0.4, -0.2) is 15.0 Å². The van der Waals surface area contributed by atoms with E-state index in [1.54, 1.807) is 6.20 Å². The molecule has 0 radical (unpaired) electrons. The highest BCUT2D eigenvalue weighted by Gasteiger charge is 2.01. The van der Waals surface area contributed by atoms with Crippen molar-refractivity contribution in [2.24, 2.45) is 5.73 Å². The number of nitrogens with two attached hydrogens (primary N) is 1. The second kappa shape index (κ2) is 2.73. The lowest BCUT2D eigenvalue weighted by atomic mass is 10.3. The smallest absolute Gasteiger partial charge is 0.202 e. The summed E-state index contributed by atoms with van der Waals surface area (Å²) in [6.45, 7) is 0.472. The standard InChI is InChI=1S/C7H7ClN4/c8-7-11-5-1-4(2-9)3-10-6(5)12-7/h1,3H,2,9H2,(H,10,11,12). The highest BCUT2D eigenvalue weighted by Crippen LogP contribution is 2.12. The van der Waals surface area contributed by atoms with Crippen LogP contribution in [-0.2, 0) is 6.54 Å². The highest BCUT2D eigenvalue weighted by molar-refractivity contribution is 6.28. The summed E-state index contributed by atoms with van der Waals surface area (Å²) in [5, 5.41) is 0.353. The molecule has 0 aliphatic heterocycles. The van der Waals surface area contributed by atoms with Crippen LogP contribution in [0.5, 0.6) is 0 Å². The molecule has 0 aliphatic rings. The molecule has 2 rings (SSSR count). The summed E-state index contributed by atoms with van der Waals surface area (Å²) in [5.41, 5.74) is 7.85. The van der Waals surface area contributed by atoms with Crippen molar-refractivity contribution >= 4 is 22.8 Å². The van der Waals surface area contributed by atoms with Gasteiger partial charge in [0.15, 0.2) is 5.65 Å². The van der Waals surface area contributed by atoms with E-state index in [9.17, 15) is 0 Å². The van der Waals surface area contributed by atoms with Crippen LogP contribution in [0.4, 0.5) is 0 Å². The van der Waals surface area contributed by atoms with Crippen LogP contribution in [0.15, 0.2) is 12.3 Å². The molecule has 0 atom stereocenters. The van der Waals surface area contributed by atoms with Gasteiger partial charge in [0.05, 0.1) is 5.52 Å². The Morgan fingerprint density at radius 3 is 3.17 bits per heavy atom. The maximum Gasteiger partial charge on any atom is 0.202 e. The van der Waals surface area contributed by atoms with Crippen molar-refractivity contribution in [1.29, 1.82) is 0 Å². The zero-order chi connectivity index (χ0) is 8.55. The molecule has 0 saturated carbocycles. The molecule has 4 nitrogen and oxygen atoms in total. The number of imidazole rings is 1. The number of pyridine rings is 1. The molecule has 0 aliphatic carbocycles. The van der Waals surface area contributed by atoms with Crippen molar-refractivity contribution in [3.8, 4) is 0 Å². The van der Waals surface area contributed by atoms with Crippen LogP contribution in [0.1, 0.15) is 5.56 Å². The normalized spacial score (nSPS) is 10.8. The van der Waals surface area contributed by atoms with E-state index in [4.69, 9.17) is 17.3 Å². The second-order valence-electron chi connectivity index (χ2n) is 2.45. The number of halogens is 1. The number of rotatable bonds is 1. The van der Waals surface area contributed by atoms with Crippen molar-refractivity contribution in [2.75, 3.05) is 0 Å². The molecule has 3 N–H and O–H groups in total. The molecule has 0 bridgehead atoms. The molecular formula is C7H7ClN4. The third-order valence-electron chi connectivity index (χ3n) is 1.60. The Morgan fingerprint density at radius 1 is 1.58 bits per heavy atom. The molecule has 0 fully saturated rings. The predicted molar refractivity (Wildman–Crippen MR) is 46.8 cm³/mol. The van der Waals surface area contributed by atoms with Crippen LogP contribution >= 0.6 is 11.6 Å². The van der Waals surface area contributed by atoms with Gasteiger partial charge in [0.2, 0.25) is 5.28 Å². The van der Waals surface area contributed by atoms with Gasteiger partial charge in [-0.3, -0.25) is 0 Å². The summed E-state index contributed by atoms with van der Waals surface area (Å²) in [7, 11) is 0. The SMILES string of the molecule is NCc1cnc2nc(Cl)[nH]c2c1. The molecule has 2 heterocycles. The molecule has 2 aromatic heterocycles. The van der Waals surface area contributed by atoms with E-state index < -0.39 is 0 Å². The average molecular weight is 183 g/mol. The Morgan fingerprint density at radius 2 is 2.42 bits per heavy atom. The van der Waals surface area contributed by atoms with E-state index in [2.05, 4.69) is 15.0 Å². The third-order valence-corrected chi connectivity index (χ3v) is 1.78. The Labute approximate surface area is 73.8 Å². The van der Waals surface area contributed by atoms with E-state index in [0.717, 1.165) is 11.1 Å². The number of H-pyrrole nitrogens is 1. The Bertz CT molecular complexity index is 409. The molecule has 0 amide bonds. The van der Waals surface area contributed by atoms with Gasteiger partial charge >= 0.3 is 0 Å². The fourth-order valence-corrected chi connectivity index (χ4v) is 1.21. The highest BCUT2D eigenvalue weighted by atomic mass is 35.5. The molecule has 0 aromatic carbocycles. The first-order valence-electron chi connectivity index (χ1n) is 3.50. The zero-order valence-corrected chi connectivity index (χ0v) is 6.97. The van der Waals surface area contributed by atoms with Crippen molar-refractivity contribution in [1.82, 2.24) is 15.0 Å². The van der Waals surface area contributed by atoms with E-state index in [-0.39, 0.29) is 0 Å². The van der Waals surface area contributed by atoms with Crippen molar-refractivity contribution < 1.29 is 0 Å². The van der Waals surface area contributed by atoms with E-state index in [0.29, 0.717) is 17.5 Å². The van der Waals surface area contributed by atoms with Gasteiger partial charge in [0.25, 0.3) is 0 Å². The number of hydrogen-bond acceptors (Lipinski definition) is 3. The Hall–Kier alpha value is -1.13. The average Bonchev–Trinajstić information content (AvgIpc) is 2.43. The first kappa shape index (κ1) is 7.52. The van der Waals surface area contributed by atoms with Gasteiger partial charge in [-0.25, -0.2) is 4.98 Å². The molecular weight excluding hydrogens is 176 g/mol. The molecule has 62 valence electrons. The number of aromatic nitrogens is 3. The predicted octanol–water partition coefficient (Wildman–Crippen LogP) is 1.07.